The van der Waals surface area contributed by atoms with Crippen LogP contribution in [0.2, 0.25) is 0 Å². The quantitative estimate of drug-likeness (QED) is 0.828. The number of hydrogen-bond acceptors (Lipinski definition) is 4. The van der Waals surface area contributed by atoms with E-state index in [1.54, 1.807) is 11.8 Å². The van der Waals surface area contributed by atoms with Crippen LogP contribution in [0.5, 0.6) is 5.75 Å². The Morgan fingerprint density at radius 2 is 1.81 bits per heavy atom. The summed E-state index contributed by atoms with van der Waals surface area (Å²) in [5.74, 6) is 1.21. The predicted octanol–water partition coefficient (Wildman–Crippen LogP) is 3.45. The highest BCUT2D eigenvalue weighted by atomic mass is 32.2. The molecule has 26 heavy (non-hydrogen) atoms. The fourth-order valence-corrected chi connectivity index (χ4v) is 4.97. The van der Waals surface area contributed by atoms with Crippen molar-refractivity contribution in [1.29, 1.82) is 0 Å². The first-order valence-electron chi connectivity index (χ1n) is 9.26. The van der Waals surface area contributed by atoms with Crippen molar-refractivity contribution in [2.45, 2.75) is 23.5 Å². The van der Waals surface area contributed by atoms with Crippen molar-refractivity contribution in [3.63, 3.8) is 0 Å². The van der Waals surface area contributed by atoms with E-state index in [9.17, 15) is 4.79 Å². The second-order valence-corrected chi connectivity index (χ2v) is 7.88. The summed E-state index contributed by atoms with van der Waals surface area (Å²) in [4.78, 5) is 18.6. The van der Waals surface area contributed by atoms with Gasteiger partial charge in [0.25, 0.3) is 0 Å². The van der Waals surface area contributed by atoms with Gasteiger partial charge in [-0.3, -0.25) is 4.79 Å². The average Bonchev–Trinajstić information content (AvgIpc) is 3.12. The molecule has 1 fully saturated rings. The SMILES string of the molecule is CCOc1ccccc1N1CCN(C(=O)C2Cc3ccccc3S2)CC1. The van der Waals surface area contributed by atoms with E-state index >= 15 is 0 Å². The van der Waals surface area contributed by atoms with E-state index in [0.29, 0.717) is 6.61 Å². The number of ether oxygens (including phenoxy) is 1. The molecule has 0 aliphatic carbocycles. The zero-order valence-electron chi connectivity index (χ0n) is 15.1. The van der Waals surface area contributed by atoms with Gasteiger partial charge >= 0.3 is 0 Å². The number of carbonyl (C=O) groups excluding carboxylic acids is 1. The molecule has 1 saturated heterocycles. The number of fused-ring (bicyclic) bond motifs is 1. The lowest BCUT2D eigenvalue weighted by Crippen LogP contribution is -2.51. The van der Waals surface area contributed by atoms with Gasteiger partial charge in [-0.25, -0.2) is 0 Å². The van der Waals surface area contributed by atoms with Crippen LogP contribution in [-0.4, -0.2) is 48.8 Å². The van der Waals surface area contributed by atoms with Crippen molar-refractivity contribution in [2.24, 2.45) is 0 Å². The molecule has 2 aliphatic heterocycles. The minimum atomic E-state index is 0.0367. The van der Waals surface area contributed by atoms with E-state index < -0.39 is 0 Å². The number of piperazine rings is 1. The Morgan fingerprint density at radius 1 is 1.08 bits per heavy atom. The Morgan fingerprint density at radius 3 is 2.58 bits per heavy atom. The molecule has 2 aromatic rings. The van der Waals surface area contributed by atoms with Crippen LogP contribution in [0.1, 0.15) is 12.5 Å². The van der Waals surface area contributed by atoms with E-state index in [-0.39, 0.29) is 11.2 Å². The van der Waals surface area contributed by atoms with Crippen LogP contribution in [0.3, 0.4) is 0 Å². The maximum absolute atomic E-state index is 12.9. The molecular weight excluding hydrogens is 344 g/mol. The van der Waals surface area contributed by atoms with Crippen molar-refractivity contribution >= 4 is 23.4 Å². The van der Waals surface area contributed by atoms with Gasteiger partial charge in [0.2, 0.25) is 5.91 Å². The number of anilines is 1. The monoisotopic (exact) mass is 368 g/mol. The smallest absolute Gasteiger partial charge is 0.236 e. The molecule has 2 aliphatic rings. The Hall–Kier alpha value is -2.14. The molecule has 0 bridgehead atoms. The standard InChI is InChI=1S/C21H24N2O2S/c1-2-25-18-9-5-4-8-17(18)22-11-13-23(14-12-22)21(24)20-15-16-7-3-6-10-19(16)26-20/h3-10,20H,2,11-15H2,1H3. The minimum absolute atomic E-state index is 0.0367. The molecule has 5 heteroatoms. The molecule has 0 radical (unpaired) electrons. The van der Waals surface area contributed by atoms with Crippen molar-refractivity contribution in [1.82, 2.24) is 4.90 Å². The number of hydrogen-bond donors (Lipinski definition) is 0. The Labute approximate surface area is 159 Å². The predicted molar refractivity (Wildman–Crippen MR) is 106 cm³/mol. The third kappa shape index (κ3) is 3.40. The second-order valence-electron chi connectivity index (χ2n) is 6.63. The maximum atomic E-state index is 12.9. The molecule has 2 aromatic carbocycles. The molecule has 4 nitrogen and oxygen atoms in total. The third-order valence-electron chi connectivity index (χ3n) is 5.02. The summed E-state index contributed by atoms with van der Waals surface area (Å²) in [5.41, 5.74) is 2.43. The molecule has 1 amide bonds. The average molecular weight is 369 g/mol. The van der Waals surface area contributed by atoms with Crippen LogP contribution < -0.4 is 9.64 Å². The Kier molecular flexibility index (Phi) is 5.07. The van der Waals surface area contributed by atoms with E-state index in [1.165, 1.54) is 10.5 Å². The van der Waals surface area contributed by atoms with Crippen LogP contribution >= 0.6 is 11.8 Å². The zero-order chi connectivity index (χ0) is 17.9. The van der Waals surface area contributed by atoms with Gasteiger partial charge in [0.15, 0.2) is 0 Å². The molecule has 0 aromatic heterocycles. The number of carbonyl (C=O) groups is 1. The molecule has 2 heterocycles. The summed E-state index contributed by atoms with van der Waals surface area (Å²) in [6.07, 6.45) is 0.854. The van der Waals surface area contributed by atoms with E-state index in [1.807, 2.05) is 36.1 Å². The molecule has 0 saturated carbocycles. The molecule has 0 N–H and O–H groups in total. The zero-order valence-corrected chi connectivity index (χ0v) is 15.9. The van der Waals surface area contributed by atoms with Gasteiger partial charge in [0.05, 0.1) is 17.5 Å². The van der Waals surface area contributed by atoms with E-state index in [0.717, 1.165) is 44.0 Å². The van der Waals surface area contributed by atoms with Crippen LogP contribution in [0.15, 0.2) is 53.4 Å². The lowest BCUT2D eigenvalue weighted by Gasteiger charge is -2.37. The first-order valence-corrected chi connectivity index (χ1v) is 10.1. The summed E-state index contributed by atoms with van der Waals surface area (Å²) in [5, 5.41) is 0.0367. The van der Waals surface area contributed by atoms with Gasteiger partial charge in [-0.15, -0.1) is 11.8 Å². The van der Waals surface area contributed by atoms with Crippen LogP contribution in [-0.2, 0) is 11.2 Å². The summed E-state index contributed by atoms with van der Waals surface area (Å²) in [7, 11) is 0. The molecule has 1 unspecified atom stereocenters. The number of benzene rings is 2. The normalized spacial score (nSPS) is 19.3. The number of amides is 1. The number of para-hydroxylation sites is 2. The first-order chi connectivity index (χ1) is 12.8. The highest BCUT2D eigenvalue weighted by molar-refractivity contribution is 8.01. The Balaban J connectivity index is 1.38. The lowest BCUT2D eigenvalue weighted by atomic mass is 10.1. The van der Waals surface area contributed by atoms with Gasteiger partial charge in [0, 0.05) is 31.1 Å². The molecule has 136 valence electrons. The lowest BCUT2D eigenvalue weighted by molar-refractivity contribution is -0.130. The Bertz CT molecular complexity index is 762. The topological polar surface area (TPSA) is 32.8 Å². The summed E-state index contributed by atoms with van der Waals surface area (Å²) >= 11 is 1.72. The van der Waals surface area contributed by atoms with Crippen molar-refractivity contribution in [3.8, 4) is 5.75 Å². The summed E-state index contributed by atoms with van der Waals surface area (Å²) < 4.78 is 5.76. The maximum Gasteiger partial charge on any atom is 0.236 e. The summed E-state index contributed by atoms with van der Waals surface area (Å²) in [6, 6.07) is 16.5. The highest BCUT2D eigenvalue weighted by Gasteiger charge is 2.33. The van der Waals surface area contributed by atoms with Crippen LogP contribution in [0.4, 0.5) is 5.69 Å². The van der Waals surface area contributed by atoms with Gasteiger partial charge in [-0.2, -0.15) is 0 Å². The fourth-order valence-electron chi connectivity index (χ4n) is 3.69. The minimum Gasteiger partial charge on any atom is -0.492 e. The van der Waals surface area contributed by atoms with Crippen molar-refractivity contribution in [2.75, 3.05) is 37.7 Å². The molecular formula is C21H24N2O2S. The molecule has 4 rings (SSSR count). The third-order valence-corrected chi connectivity index (χ3v) is 6.32. The largest absolute Gasteiger partial charge is 0.492 e. The number of nitrogens with zero attached hydrogens (tertiary/aromatic N) is 2. The van der Waals surface area contributed by atoms with Crippen molar-refractivity contribution < 1.29 is 9.53 Å². The molecule has 1 atom stereocenters. The van der Waals surface area contributed by atoms with Gasteiger partial charge < -0.3 is 14.5 Å². The first kappa shape index (κ1) is 17.3. The van der Waals surface area contributed by atoms with Gasteiger partial charge in [-0.05, 0) is 37.1 Å². The van der Waals surface area contributed by atoms with Crippen molar-refractivity contribution in [3.05, 3.63) is 54.1 Å². The van der Waals surface area contributed by atoms with E-state index in [2.05, 4.69) is 29.2 Å². The van der Waals surface area contributed by atoms with Crippen LogP contribution in [0.25, 0.3) is 0 Å². The second kappa shape index (κ2) is 7.62. The van der Waals surface area contributed by atoms with E-state index in [4.69, 9.17) is 4.74 Å². The fraction of sp³-hybridized carbons (Fsp3) is 0.381. The molecule has 0 spiro atoms. The number of rotatable bonds is 4. The highest BCUT2D eigenvalue weighted by Crippen LogP contribution is 2.38. The summed E-state index contributed by atoms with van der Waals surface area (Å²) in [6.45, 7) is 5.90. The van der Waals surface area contributed by atoms with Gasteiger partial charge in [-0.1, -0.05) is 30.3 Å². The van der Waals surface area contributed by atoms with Gasteiger partial charge in [0.1, 0.15) is 5.75 Å². The number of thioether (sulfide) groups is 1. The van der Waals surface area contributed by atoms with Crippen LogP contribution in [0, 0.1) is 0 Å².